The first-order valence-corrected chi connectivity index (χ1v) is 9.90. The number of amides is 2. The maximum Gasteiger partial charge on any atom is 0.407 e. The molecule has 0 saturated carbocycles. The van der Waals surface area contributed by atoms with Gasteiger partial charge in [0.25, 0.3) is 5.91 Å². The van der Waals surface area contributed by atoms with Gasteiger partial charge in [0, 0.05) is 36.0 Å². The second-order valence-corrected chi connectivity index (χ2v) is 8.56. The van der Waals surface area contributed by atoms with Crippen LogP contribution in [0.5, 0.6) is 0 Å². The normalized spacial score (nSPS) is 24.7. The molecule has 2 aliphatic heterocycles. The van der Waals surface area contributed by atoms with Gasteiger partial charge in [0.1, 0.15) is 0 Å². The molecule has 8 heteroatoms. The van der Waals surface area contributed by atoms with Crippen LogP contribution in [0.4, 0.5) is 4.79 Å². The van der Waals surface area contributed by atoms with Crippen LogP contribution in [0.15, 0.2) is 52.8 Å². The number of nitrogens with zero attached hydrogens (tertiary/aromatic N) is 2. The lowest BCUT2D eigenvalue weighted by molar-refractivity contribution is 0.0977. The molecule has 134 valence electrons. The predicted octanol–water partition coefficient (Wildman–Crippen LogP) is 3.09. The van der Waals surface area contributed by atoms with E-state index in [1.165, 1.54) is 16.7 Å². The fourth-order valence-electron chi connectivity index (χ4n) is 3.43. The Morgan fingerprint density at radius 3 is 2.73 bits per heavy atom. The van der Waals surface area contributed by atoms with Gasteiger partial charge in [-0.25, -0.2) is 4.79 Å². The fraction of sp³-hybridized carbons (Fsp3) is 0.278. The van der Waals surface area contributed by atoms with Crippen molar-refractivity contribution in [3.63, 3.8) is 0 Å². The molecule has 2 amide bonds. The van der Waals surface area contributed by atoms with E-state index < -0.39 is 10.8 Å². The minimum absolute atomic E-state index is 0.0969. The molecule has 3 heterocycles. The number of rotatable bonds is 2. The summed E-state index contributed by atoms with van der Waals surface area (Å²) in [6.07, 6.45) is -0.911. The number of amidine groups is 1. The van der Waals surface area contributed by atoms with Crippen LogP contribution in [-0.2, 0) is 4.75 Å². The summed E-state index contributed by atoms with van der Waals surface area (Å²) >= 11 is 3.09. The van der Waals surface area contributed by atoms with Crippen molar-refractivity contribution in [1.82, 2.24) is 10.2 Å². The summed E-state index contributed by atoms with van der Waals surface area (Å²) in [4.78, 5) is 31.1. The number of carbonyl (C=O) groups is 2. The first-order valence-electron chi connectivity index (χ1n) is 8.20. The average Bonchev–Trinajstić information content (AvgIpc) is 3.30. The zero-order valence-electron chi connectivity index (χ0n) is 13.8. The number of benzene rings is 1. The smallest absolute Gasteiger partial charge is 0.407 e. The maximum atomic E-state index is 12.5. The molecule has 1 aromatic heterocycles. The topological polar surface area (TPSA) is 82.0 Å². The summed E-state index contributed by atoms with van der Waals surface area (Å²) < 4.78 is -0.395. The molecule has 1 aromatic carbocycles. The first-order chi connectivity index (χ1) is 12.6. The first kappa shape index (κ1) is 17.1. The molecule has 0 aliphatic carbocycles. The summed E-state index contributed by atoms with van der Waals surface area (Å²) in [5.74, 6) is -0.107. The Morgan fingerprint density at radius 1 is 1.23 bits per heavy atom. The second-order valence-electron chi connectivity index (χ2n) is 6.29. The third-order valence-electron chi connectivity index (χ3n) is 4.73. The highest BCUT2D eigenvalue weighted by Crippen LogP contribution is 2.52. The zero-order chi connectivity index (χ0) is 18.1. The zero-order valence-corrected chi connectivity index (χ0v) is 15.4. The van der Waals surface area contributed by atoms with Crippen molar-refractivity contribution in [2.75, 3.05) is 19.6 Å². The summed E-state index contributed by atoms with van der Waals surface area (Å²) in [6, 6.07) is 13.0. The van der Waals surface area contributed by atoms with Gasteiger partial charge in [-0.15, -0.1) is 11.3 Å². The van der Waals surface area contributed by atoms with Gasteiger partial charge < -0.3 is 15.3 Å². The van der Waals surface area contributed by atoms with Crippen LogP contribution in [-0.4, -0.2) is 46.8 Å². The number of fused-ring (bicyclic) bond motifs is 1. The van der Waals surface area contributed by atoms with Crippen LogP contribution >= 0.6 is 23.1 Å². The Hall–Kier alpha value is -2.32. The lowest BCUT2D eigenvalue weighted by atomic mass is 9.93. The third kappa shape index (κ3) is 2.99. The van der Waals surface area contributed by atoms with Crippen LogP contribution in [0.3, 0.4) is 0 Å². The molecular formula is C18H17N3O3S2. The van der Waals surface area contributed by atoms with Gasteiger partial charge in [-0.1, -0.05) is 36.0 Å². The van der Waals surface area contributed by atoms with Crippen molar-refractivity contribution in [3.8, 4) is 0 Å². The van der Waals surface area contributed by atoms with E-state index in [-0.39, 0.29) is 11.8 Å². The molecule has 6 nitrogen and oxygen atoms in total. The highest BCUT2D eigenvalue weighted by molar-refractivity contribution is 8.14. The van der Waals surface area contributed by atoms with E-state index in [1.807, 2.05) is 35.7 Å². The molecule has 0 bridgehead atoms. The monoisotopic (exact) mass is 387 g/mol. The largest absolute Gasteiger partial charge is 0.465 e. The Balaban J connectivity index is 1.59. The summed E-state index contributed by atoms with van der Waals surface area (Å²) in [5.41, 5.74) is 0.571. The number of aliphatic imine (C=N–C) groups is 1. The number of thiophene rings is 1. The minimum atomic E-state index is -0.911. The number of likely N-dealkylation sites (tertiary alicyclic amines) is 1. The molecule has 0 radical (unpaired) electrons. The predicted molar refractivity (Wildman–Crippen MR) is 103 cm³/mol. The molecule has 2 atom stereocenters. The van der Waals surface area contributed by atoms with E-state index in [2.05, 4.69) is 10.3 Å². The van der Waals surface area contributed by atoms with Crippen molar-refractivity contribution >= 4 is 40.3 Å². The van der Waals surface area contributed by atoms with E-state index in [4.69, 9.17) is 0 Å². The lowest BCUT2D eigenvalue weighted by Gasteiger charge is -2.35. The Bertz CT molecular complexity index is 854. The van der Waals surface area contributed by atoms with E-state index in [0.717, 1.165) is 4.88 Å². The Labute approximate surface area is 158 Å². The molecular weight excluding hydrogens is 370 g/mol. The average molecular weight is 387 g/mol. The molecule has 1 saturated heterocycles. The SMILES string of the molecule is O=C(NC1=NC[C@H]2CN(C(=O)O)C[C@]2(c2cccs2)S1)c1ccccc1. The van der Waals surface area contributed by atoms with Crippen molar-refractivity contribution in [1.29, 1.82) is 0 Å². The quantitative estimate of drug-likeness (QED) is 0.830. The highest BCUT2D eigenvalue weighted by atomic mass is 32.2. The number of nitrogens with one attached hydrogen (secondary N) is 1. The van der Waals surface area contributed by atoms with Crippen molar-refractivity contribution in [2.45, 2.75) is 4.75 Å². The number of carbonyl (C=O) groups excluding carboxylic acids is 1. The fourth-order valence-corrected chi connectivity index (χ4v) is 5.92. The molecule has 2 N–H and O–H groups in total. The Morgan fingerprint density at radius 2 is 2.04 bits per heavy atom. The van der Waals surface area contributed by atoms with Crippen molar-refractivity contribution in [3.05, 3.63) is 58.3 Å². The molecule has 0 spiro atoms. The van der Waals surface area contributed by atoms with E-state index >= 15 is 0 Å². The van der Waals surface area contributed by atoms with E-state index in [0.29, 0.717) is 30.4 Å². The Kier molecular flexibility index (Phi) is 4.46. The molecule has 0 unspecified atom stereocenters. The molecule has 2 aromatic rings. The molecule has 4 rings (SSSR count). The molecule has 26 heavy (non-hydrogen) atoms. The number of thioether (sulfide) groups is 1. The number of carboxylic acid groups (broad SMARTS) is 1. The lowest BCUT2D eigenvalue weighted by Crippen LogP contribution is -2.42. The maximum absolute atomic E-state index is 12.5. The van der Waals surface area contributed by atoms with Crippen LogP contribution in [0.2, 0.25) is 0 Å². The number of hydrogen-bond acceptors (Lipinski definition) is 5. The van der Waals surface area contributed by atoms with Crippen molar-refractivity contribution < 1.29 is 14.7 Å². The summed E-state index contributed by atoms with van der Waals surface area (Å²) in [5, 5.41) is 14.9. The van der Waals surface area contributed by atoms with Gasteiger partial charge in [0.05, 0.1) is 4.75 Å². The van der Waals surface area contributed by atoms with Crippen LogP contribution < -0.4 is 5.32 Å². The van der Waals surface area contributed by atoms with Crippen LogP contribution in [0.25, 0.3) is 0 Å². The molecule has 2 aliphatic rings. The van der Waals surface area contributed by atoms with E-state index in [9.17, 15) is 14.7 Å². The molecule has 1 fully saturated rings. The van der Waals surface area contributed by atoms with Gasteiger partial charge in [-0.2, -0.15) is 0 Å². The van der Waals surface area contributed by atoms with Crippen LogP contribution in [0, 0.1) is 5.92 Å². The van der Waals surface area contributed by atoms with Gasteiger partial charge in [0.15, 0.2) is 5.17 Å². The third-order valence-corrected chi connectivity index (χ3v) is 7.37. The van der Waals surface area contributed by atoms with Gasteiger partial charge in [-0.3, -0.25) is 9.79 Å². The van der Waals surface area contributed by atoms with Gasteiger partial charge in [0.2, 0.25) is 0 Å². The van der Waals surface area contributed by atoms with Crippen molar-refractivity contribution in [2.24, 2.45) is 10.9 Å². The van der Waals surface area contributed by atoms with Gasteiger partial charge >= 0.3 is 6.09 Å². The van der Waals surface area contributed by atoms with Gasteiger partial charge in [-0.05, 0) is 23.6 Å². The standard InChI is InChI=1S/C18H17N3O3S2/c22-15(12-5-2-1-3-6-12)20-16-19-9-13-10-21(17(23)24)11-18(13,26-16)14-7-4-8-25-14/h1-8,13H,9-11H2,(H,23,24)(H,19,20,22)/t13-,18-/m0/s1. The number of hydrogen-bond donors (Lipinski definition) is 2. The second kappa shape index (κ2) is 6.77. The highest BCUT2D eigenvalue weighted by Gasteiger charge is 2.53. The minimum Gasteiger partial charge on any atom is -0.465 e. The summed E-state index contributed by atoms with van der Waals surface area (Å²) in [7, 11) is 0. The van der Waals surface area contributed by atoms with E-state index in [1.54, 1.807) is 23.5 Å². The van der Waals surface area contributed by atoms with Crippen LogP contribution in [0.1, 0.15) is 15.2 Å². The summed E-state index contributed by atoms with van der Waals surface area (Å²) in [6.45, 7) is 1.36.